The minimum Gasteiger partial charge on any atom is -0.494 e. The highest BCUT2D eigenvalue weighted by molar-refractivity contribution is 6.01. The molecule has 2 N–H and O–H groups in total. The molecule has 2 amide bonds. The van der Waals surface area contributed by atoms with E-state index in [-0.39, 0.29) is 17.7 Å². The monoisotopic (exact) mass is 398 g/mol. The second-order valence-corrected chi connectivity index (χ2v) is 7.00. The highest BCUT2D eigenvalue weighted by Crippen LogP contribution is 2.32. The Morgan fingerprint density at radius 3 is 2.38 bits per heavy atom. The van der Waals surface area contributed by atoms with Crippen molar-refractivity contribution in [2.75, 3.05) is 25.1 Å². The van der Waals surface area contributed by atoms with E-state index in [9.17, 15) is 9.59 Å². The Labute approximate surface area is 170 Å². The van der Waals surface area contributed by atoms with Crippen molar-refractivity contribution < 1.29 is 23.8 Å². The summed E-state index contributed by atoms with van der Waals surface area (Å²) in [6.45, 7) is 7.19. The topological polar surface area (TPSA) is 85.9 Å². The first kappa shape index (κ1) is 20.5. The van der Waals surface area contributed by atoms with Crippen molar-refractivity contribution in [3.05, 3.63) is 48.0 Å². The van der Waals surface area contributed by atoms with Gasteiger partial charge >= 0.3 is 0 Å². The van der Waals surface area contributed by atoms with Crippen LogP contribution in [0.2, 0.25) is 0 Å². The van der Waals surface area contributed by atoms with Crippen molar-refractivity contribution in [2.24, 2.45) is 5.92 Å². The Morgan fingerprint density at radius 2 is 1.72 bits per heavy atom. The third-order valence-corrected chi connectivity index (χ3v) is 4.47. The molecule has 3 rings (SSSR count). The van der Waals surface area contributed by atoms with Gasteiger partial charge in [-0.1, -0.05) is 13.8 Å². The van der Waals surface area contributed by atoms with Crippen LogP contribution in [0.3, 0.4) is 0 Å². The number of nitrogens with one attached hydrogen (secondary N) is 2. The van der Waals surface area contributed by atoms with E-state index in [1.807, 2.05) is 20.8 Å². The van der Waals surface area contributed by atoms with Crippen LogP contribution in [0.25, 0.3) is 0 Å². The second-order valence-electron chi connectivity index (χ2n) is 7.00. The van der Waals surface area contributed by atoms with Crippen LogP contribution in [0.15, 0.2) is 42.5 Å². The summed E-state index contributed by atoms with van der Waals surface area (Å²) in [5.74, 6) is 1.23. The van der Waals surface area contributed by atoms with E-state index in [1.54, 1.807) is 42.5 Å². The number of ether oxygens (including phenoxy) is 3. The zero-order valence-electron chi connectivity index (χ0n) is 16.9. The Kier molecular flexibility index (Phi) is 6.59. The van der Waals surface area contributed by atoms with Crippen LogP contribution in [-0.4, -0.2) is 37.7 Å². The van der Waals surface area contributed by atoms with Gasteiger partial charge in [-0.3, -0.25) is 9.59 Å². The molecule has 1 aliphatic rings. The van der Waals surface area contributed by atoms with E-state index < -0.39 is 6.04 Å². The fraction of sp³-hybridized carbons (Fsp3) is 0.364. The smallest absolute Gasteiger partial charge is 0.251 e. The minimum absolute atomic E-state index is 0.0983. The lowest BCUT2D eigenvalue weighted by Gasteiger charge is -2.23. The number of fused-ring (bicyclic) bond motifs is 1. The lowest BCUT2D eigenvalue weighted by molar-refractivity contribution is -0.118. The van der Waals surface area contributed by atoms with E-state index in [1.165, 1.54) is 0 Å². The average Bonchev–Trinajstić information content (AvgIpc) is 2.72. The molecular formula is C22H26N2O5. The third-order valence-electron chi connectivity index (χ3n) is 4.47. The van der Waals surface area contributed by atoms with Gasteiger partial charge in [-0.2, -0.15) is 0 Å². The van der Waals surface area contributed by atoms with Crippen LogP contribution in [0.5, 0.6) is 17.2 Å². The molecule has 1 atom stereocenters. The highest BCUT2D eigenvalue weighted by atomic mass is 16.6. The quantitative estimate of drug-likeness (QED) is 0.748. The van der Waals surface area contributed by atoms with Crippen LogP contribution < -0.4 is 24.8 Å². The van der Waals surface area contributed by atoms with Gasteiger partial charge < -0.3 is 24.8 Å². The molecule has 0 unspecified atom stereocenters. The summed E-state index contributed by atoms with van der Waals surface area (Å²) in [7, 11) is 0. The molecule has 0 aliphatic carbocycles. The van der Waals surface area contributed by atoms with Crippen molar-refractivity contribution in [2.45, 2.75) is 26.8 Å². The van der Waals surface area contributed by atoms with E-state index in [0.29, 0.717) is 48.3 Å². The number of carbonyl (C=O) groups is 2. The number of anilines is 1. The van der Waals surface area contributed by atoms with E-state index >= 15 is 0 Å². The maximum absolute atomic E-state index is 12.8. The molecule has 0 aromatic heterocycles. The van der Waals surface area contributed by atoms with E-state index in [0.717, 1.165) is 0 Å². The van der Waals surface area contributed by atoms with Gasteiger partial charge in [0, 0.05) is 17.3 Å². The molecule has 2 aromatic carbocycles. The van der Waals surface area contributed by atoms with Gasteiger partial charge in [-0.15, -0.1) is 0 Å². The molecule has 7 heteroatoms. The van der Waals surface area contributed by atoms with Gasteiger partial charge in [0.05, 0.1) is 6.61 Å². The van der Waals surface area contributed by atoms with Crippen LogP contribution in [0.4, 0.5) is 5.69 Å². The summed E-state index contributed by atoms with van der Waals surface area (Å²) in [6, 6.07) is 11.4. The first-order valence-corrected chi connectivity index (χ1v) is 9.72. The molecule has 0 saturated heterocycles. The van der Waals surface area contributed by atoms with Gasteiger partial charge in [-0.25, -0.2) is 0 Å². The molecule has 0 saturated carbocycles. The summed E-state index contributed by atoms with van der Waals surface area (Å²) >= 11 is 0. The van der Waals surface area contributed by atoms with E-state index in [4.69, 9.17) is 14.2 Å². The molecule has 1 heterocycles. The normalized spacial score (nSPS) is 13.5. The lowest BCUT2D eigenvalue weighted by atomic mass is 10.0. The number of benzene rings is 2. The first-order chi connectivity index (χ1) is 14.0. The molecule has 7 nitrogen and oxygen atoms in total. The zero-order chi connectivity index (χ0) is 20.8. The van der Waals surface area contributed by atoms with Gasteiger partial charge in [0.2, 0.25) is 5.91 Å². The van der Waals surface area contributed by atoms with Crippen molar-refractivity contribution in [1.82, 2.24) is 5.32 Å². The largest absolute Gasteiger partial charge is 0.494 e. The third kappa shape index (κ3) is 5.19. The maximum atomic E-state index is 12.8. The fourth-order valence-electron chi connectivity index (χ4n) is 2.97. The summed E-state index contributed by atoms with van der Waals surface area (Å²) in [5.41, 5.74) is 1.05. The Bertz CT molecular complexity index is 864. The lowest BCUT2D eigenvalue weighted by Crippen LogP contribution is -2.47. The van der Waals surface area contributed by atoms with Gasteiger partial charge in [-0.05, 0) is 49.2 Å². The number of rotatable bonds is 7. The average molecular weight is 398 g/mol. The fourth-order valence-corrected chi connectivity index (χ4v) is 2.97. The summed E-state index contributed by atoms with van der Waals surface area (Å²) < 4.78 is 16.4. The van der Waals surface area contributed by atoms with Crippen LogP contribution in [-0.2, 0) is 4.79 Å². The Balaban J connectivity index is 1.67. The van der Waals surface area contributed by atoms with Crippen molar-refractivity contribution in [1.29, 1.82) is 0 Å². The molecule has 0 radical (unpaired) electrons. The number of hydrogen-bond donors (Lipinski definition) is 2. The van der Waals surface area contributed by atoms with Crippen LogP contribution in [0.1, 0.15) is 31.1 Å². The van der Waals surface area contributed by atoms with E-state index in [2.05, 4.69) is 10.6 Å². The molecular weight excluding hydrogens is 372 g/mol. The summed E-state index contributed by atoms with van der Waals surface area (Å²) in [4.78, 5) is 25.4. The predicted molar refractivity (Wildman–Crippen MR) is 110 cm³/mol. The second kappa shape index (κ2) is 9.32. The predicted octanol–water partition coefficient (Wildman–Crippen LogP) is 3.25. The van der Waals surface area contributed by atoms with Crippen molar-refractivity contribution in [3.8, 4) is 17.2 Å². The molecule has 0 bridgehead atoms. The van der Waals surface area contributed by atoms with Gasteiger partial charge in [0.1, 0.15) is 25.0 Å². The summed E-state index contributed by atoms with van der Waals surface area (Å²) in [5, 5.41) is 5.67. The summed E-state index contributed by atoms with van der Waals surface area (Å²) in [6.07, 6.45) is 0. The standard InChI is InChI=1S/C22H26N2O5/c1-4-27-17-8-5-15(6-9-17)21(25)24-20(14(2)3)22(26)23-16-7-10-18-19(13-16)29-12-11-28-18/h5-10,13-14,20H,4,11-12H2,1-3H3,(H,23,26)(H,24,25)/t20-/m0/s1. The Hall–Kier alpha value is -3.22. The number of amides is 2. The van der Waals surface area contributed by atoms with Crippen LogP contribution >= 0.6 is 0 Å². The molecule has 154 valence electrons. The minimum atomic E-state index is -0.692. The molecule has 29 heavy (non-hydrogen) atoms. The SMILES string of the molecule is CCOc1ccc(C(=O)N[C@H](C(=O)Nc2ccc3c(c2)OCCO3)C(C)C)cc1. The molecule has 0 fully saturated rings. The van der Waals surface area contributed by atoms with Crippen molar-refractivity contribution >= 4 is 17.5 Å². The first-order valence-electron chi connectivity index (χ1n) is 9.72. The maximum Gasteiger partial charge on any atom is 0.251 e. The molecule has 1 aliphatic heterocycles. The van der Waals surface area contributed by atoms with Crippen LogP contribution in [0, 0.1) is 5.92 Å². The number of carbonyl (C=O) groups excluding carboxylic acids is 2. The highest BCUT2D eigenvalue weighted by Gasteiger charge is 2.25. The Morgan fingerprint density at radius 1 is 1.03 bits per heavy atom. The molecule has 2 aromatic rings. The van der Waals surface area contributed by atoms with Gasteiger partial charge in [0.15, 0.2) is 11.5 Å². The zero-order valence-corrected chi connectivity index (χ0v) is 16.9. The molecule has 0 spiro atoms. The van der Waals surface area contributed by atoms with Crippen molar-refractivity contribution in [3.63, 3.8) is 0 Å². The van der Waals surface area contributed by atoms with Gasteiger partial charge in [0.25, 0.3) is 5.91 Å². The number of hydrogen-bond acceptors (Lipinski definition) is 5.